The highest BCUT2D eigenvalue weighted by atomic mass is 35.5. The Hall–Kier alpha value is -5.01. The summed E-state index contributed by atoms with van der Waals surface area (Å²) in [7, 11) is 0. The largest absolute Gasteiger partial charge is 0.488 e. The number of pyridine rings is 2. The number of aliphatic hydroxyl groups is 1. The van der Waals surface area contributed by atoms with Gasteiger partial charge in [0.05, 0.1) is 22.7 Å². The number of para-hydroxylation sites is 1. The monoisotopic (exact) mass is 622 g/mol. The van der Waals surface area contributed by atoms with E-state index in [1.807, 2.05) is 49.5 Å². The number of halogens is 1. The number of nitrogens with zero attached hydrogens (tertiary/aromatic N) is 3. The number of ether oxygens (including phenoxy) is 2. The van der Waals surface area contributed by atoms with Crippen molar-refractivity contribution in [3.05, 3.63) is 118 Å². The Bertz CT molecular complexity index is 1910. The number of aliphatic carboxylic acids is 1. The average Bonchev–Trinajstić information content (AvgIpc) is 3.06. The summed E-state index contributed by atoms with van der Waals surface area (Å²) in [5, 5.41) is 32.7. The van der Waals surface area contributed by atoms with Crippen molar-refractivity contribution >= 4 is 28.5 Å². The molecule has 2 aromatic heterocycles. The molecule has 0 unspecified atom stereocenters. The van der Waals surface area contributed by atoms with Crippen LogP contribution in [0.25, 0.3) is 22.0 Å². The van der Waals surface area contributed by atoms with Crippen molar-refractivity contribution in [1.82, 2.24) is 15.3 Å². The molecule has 0 aliphatic rings. The summed E-state index contributed by atoms with van der Waals surface area (Å²) in [5.41, 5.74) is 5.04. The van der Waals surface area contributed by atoms with Crippen LogP contribution in [0.4, 0.5) is 0 Å². The van der Waals surface area contributed by atoms with Crippen LogP contribution < -0.4 is 14.8 Å². The molecule has 3 aromatic carbocycles. The van der Waals surface area contributed by atoms with E-state index in [-0.39, 0.29) is 19.8 Å². The molecule has 0 saturated carbocycles. The Labute approximate surface area is 265 Å². The van der Waals surface area contributed by atoms with E-state index in [0.717, 1.165) is 33.2 Å². The van der Waals surface area contributed by atoms with Gasteiger partial charge in [0.25, 0.3) is 0 Å². The Morgan fingerprint density at radius 2 is 1.80 bits per heavy atom. The second-order valence-electron chi connectivity index (χ2n) is 10.8. The van der Waals surface area contributed by atoms with E-state index in [1.165, 1.54) is 13.1 Å². The van der Waals surface area contributed by atoms with Gasteiger partial charge in [-0.2, -0.15) is 5.26 Å². The molecule has 1 atom stereocenters. The standard InChI is InChI=1S/C35H31ClN4O5/c1-22-26(7-5-8-29(22)27-11-25-6-3-4-9-31(25)39-17-27)20-45-33-13-32(44-19-24-10-23(14-37)15-38-16-24)28(12-30(33)36)18-40-35(2,21-41)34(42)43/h3-13,15-17,40-41H,18-21H2,1-2H3,(H,42,43)/t35-/m1/s1. The Morgan fingerprint density at radius 3 is 2.58 bits per heavy atom. The third-order valence-electron chi connectivity index (χ3n) is 7.62. The number of carbonyl (C=O) groups is 1. The Morgan fingerprint density at radius 1 is 1.00 bits per heavy atom. The van der Waals surface area contributed by atoms with Crippen LogP contribution in [0.1, 0.15) is 34.7 Å². The lowest BCUT2D eigenvalue weighted by atomic mass is 9.97. The predicted octanol–water partition coefficient (Wildman–Crippen LogP) is 6.21. The van der Waals surface area contributed by atoms with Crippen LogP contribution in [0.5, 0.6) is 11.5 Å². The summed E-state index contributed by atoms with van der Waals surface area (Å²) in [5.74, 6) is -0.433. The Balaban J connectivity index is 1.40. The zero-order valence-electron chi connectivity index (χ0n) is 24.8. The summed E-state index contributed by atoms with van der Waals surface area (Å²) in [4.78, 5) is 20.4. The minimum atomic E-state index is -1.58. The molecule has 45 heavy (non-hydrogen) atoms. The molecule has 2 heterocycles. The molecule has 10 heteroatoms. The van der Waals surface area contributed by atoms with Crippen molar-refractivity contribution in [2.75, 3.05) is 6.61 Å². The van der Waals surface area contributed by atoms with Crippen molar-refractivity contribution in [1.29, 1.82) is 5.26 Å². The first-order valence-electron chi connectivity index (χ1n) is 14.2. The molecule has 228 valence electrons. The smallest absolute Gasteiger partial charge is 0.326 e. The minimum absolute atomic E-state index is 0.0378. The number of nitrogens with one attached hydrogen (secondary N) is 1. The summed E-state index contributed by atoms with van der Waals surface area (Å²) in [6.07, 6.45) is 4.93. The van der Waals surface area contributed by atoms with Crippen molar-refractivity contribution in [3.63, 3.8) is 0 Å². The molecule has 5 aromatic rings. The van der Waals surface area contributed by atoms with Gasteiger partial charge in [0, 0.05) is 53.3 Å². The van der Waals surface area contributed by atoms with E-state index < -0.39 is 18.1 Å². The van der Waals surface area contributed by atoms with Crippen molar-refractivity contribution in [2.45, 2.75) is 39.1 Å². The van der Waals surface area contributed by atoms with Crippen LogP contribution in [0.15, 0.2) is 85.3 Å². The molecule has 0 spiro atoms. The Kier molecular flexibility index (Phi) is 9.59. The van der Waals surface area contributed by atoms with Gasteiger partial charge >= 0.3 is 5.97 Å². The third-order valence-corrected chi connectivity index (χ3v) is 7.92. The maximum absolute atomic E-state index is 11.7. The number of carboxylic acid groups (broad SMARTS) is 1. The molecule has 9 nitrogen and oxygen atoms in total. The molecule has 0 amide bonds. The van der Waals surface area contributed by atoms with E-state index in [9.17, 15) is 20.3 Å². The van der Waals surface area contributed by atoms with E-state index >= 15 is 0 Å². The van der Waals surface area contributed by atoms with Gasteiger partial charge in [-0.3, -0.25) is 20.1 Å². The molecule has 0 fully saturated rings. The molecular weight excluding hydrogens is 592 g/mol. The molecule has 3 N–H and O–H groups in total. The van der Waals surface area contributed by atoms with Crippen LogP contribution >= 0.6 is 11.6 Å². The minimum Gasteiger partial charge on any atom is -0.488 e. The van der Waals surface area contributed by atoms with Gasteiger partial charge in [-0.1, -0.05) is 48.0 Å². The molecule has 0 bridgehead atoms. The van der Waals surface area contributed by atoms with Gasteiger partial charge in [0.15, 0.2) is 0 Å². The molecule has 5 rings (SSSR count). The number of aromatic nitrogens is 2. The van der Waals surface area contributed by atoms with E-state index in [2.05, 4.69) is 33.5 Å². The number of aliphatic hydroxyl groups excluding tert-OH is 1. The van der Waals surface area contributed by atoms with E-state index in [0.29, 0.717) is 33.2 Å². The number of benzene rings is 3. The second kappa shape index (κ2) is 13.7. The first-order valence-corrected chi connectivity index (χ1v) is 14.5. The second-order valence-corrected chi connectivity index (χ2v) is 11.2. The number of fused-ring (bicyclic) bond motifs is 1. The summed E-state index contributed by atoms with van der Waals surface area (Å²) in [6.45, 7) is 3.17. The number of nitriles is 1. The van der Waals surface area contributed by atoms with Crippen molar-refractivity contribution < 1.29 is 24.5 Å². The topological polar surface area (TPSA) is 138 Å². The predicted molar refractivity (Wildman–Crippen MR) is 171 cm³/mol. The highest BCUT2D eigenvalue weighted by molar-refractivity contribution is 6.32. The van der Waals surface area contributed by atoms with E-state index in [1.54, 1.807) is 24.4 Å². The van der Waals surface area contributed by atoms with Gasteiger partial charge in [-0.25, -0.2) is 0 Å². The highest BCUT2D eigenvalue weighted by Crippen LogP contribution is 2.35. The van der Waals surface area contributed by atoms with Gasteiger partial charge in [0.1, 0.15) is 36.3 Å². The number of rotatable bonds is 12. The maximum Gasteiger partial charge on any atom is 0.326 e. The van der Waals surface area contributed by atoms with Crippen LogP contribution in [0.2, 0.25) is 5.02 Å². The first-order chi connectivity index (χ1) is 21.7. The summed E-state index contributed by atoms with van der Waals surface area (Å²) < 4.78 is 12.3. The average molecular weight is 623 g/mol. The van der Waals surface area contributed by atoms with E-state index in [4.69, 9.17) is 21.1 Å². The van der Waals surface area contributed by atoms with Crippen LogP contribution in [-0.4, -0.2) is 38.3 Å². The zero-order valence-corrected chi connectivity index (χ0v) is 25.5. The van der Waals surface area contributed by atoms with Gasteiger partial charge in [0.2, 0.25) is 0 Å². The molecule has 0 radical (unpaired) electrons. The highest BCUT2D eigenvalue weighted by Gasteiger charge is 2.32. The van der Waals surface area contributed by atoms with Gasteiger partial charge in [-0.15, -0.1) is 0 Å². The molecule has 0 aliphatic carbocycles. The lowest BCUT2D eigenvalue weighted by Gasteiger charge is -2.25. The summed E-state index contributed by atoms with van der Waals surface area (Å²) >= 11 is 6.66. The van der Waals surface area contributed by atoms with Crippen molar-refractivity contribution in [3.8, 4) is 28.7 Å². The SMILES string of the molecule is Cc1c(COc2cc(OCc3cncc(C#N)c3)c(CN[C@](C)(CO)C(=O)O)cc2Cl)cccc1-c1cnc2ccccc2c1. The van der Waals surface area contributed by atoms with Crippen LogP contribution in [-0.2, 0) is 24.6 Å². The van der Waals surface area contributed by atoms with Crippen LogP contribution in [0, 0.1) is 18.3 Å². The summed E-state index contributed by atoms with van der Waals surface area (Å²) in [6, 6.07) is 23.2. The number of hydrogen-bond acceptors (Lipinski definition) is 8. The van der Waals surface area contributed by atoms with Crippen LogP contribution in [0.3, 0.4) is 0 Å². The fourth-order valence-electron chi connectivity index (χ4n) is 4.76. The molecular formula is C35H31ClN4O5. The number of carboxylic acids is 1. The normalized spacial score (nSPS) is 12.3. The zero-order chi connectivity index (χ0) is 32.0. The third kappa shape index (κ3) is 7.21. The lowest BCUT2D eigenvalue weighted by Crippen LogP contribution is -2.52. The number of hydrogen-bond donors (Lipinski definition) is 3. The molecule has 0 aliphatic heterocycles. The quantitative estimate of drug-likeness (QED) is 0.148. The fraction of sp³-hybridized carbons (Fsp3) is 0.200. The lowest BCUT2D eigenvalue weighted by molar-refractivity contribution is -0.145. The fourth-order valence-corrected chi connectivity index (χ4v) is 5.00. The first kappa shape index (κ1) is 31.4. The van der Waals surface area contributed by atoms with Crippen molar-refractivity contribution in [2.24, 2.45) is 0 Å². The maximum atomic E-state index is 11.7. The van der Waals surface area contributed by atoms with Gasteiger partial charge < -0.3 is 19.7 Å². The molecule has 0 saturated heterocycles. The van der Waals surface area contributed by atoms with Gasteiger partial charge in [-0.05, 0) is 54.8 Å².